The molecule has 2 N–H and O–H groups in total. The van der Waals surface area contributed by atoms with Gasteiger partial charge < -0.3 is 10.6 Å². The third-order valence-electron chi connectivity index (χ3n) is 3.44. The molecule has 5 nitrogen and oxygen atoms in total. The standard InChI is InChI=1S/C14H18N4OS/c1-9(8-12(15)20)17(2)14(19)13-10-6-4-5-7-11(10)18(3)16-13/h4-7,9H,8H2,1-3H3,(H2,15,20). The molecule has 6 heteroatoms. The van der Waals surface area contributed by atoms with Gasteiger partial charge in [0, 0.05) is 31.9 Å². The summed E-state index contributed by atoms with van der Waals surface area (Å²) in [6.07, 6.45) is 0.502. The molecule has 1 unspecified atom stereocenters. The van der Waals surface area contributed by atoms with Gasteiger partial charge in [0.15, 0.2) is 5.69 Å². The number of aryl methyl sites for hydroxylation is 1. The van der Waals surface area contributed by atoms with Gasteiger partial charge in [-0.05, 0) is 13.0 Å². The highest BCUT2D eigenvalue weighted by molar-refractivity contribution is 7.80. The molecule has 1 atom stereocenters. The fourth-order valence-corrected chi connectivity index (χ4v) is 2.41. The molecular weight excluding hydrogens is 272 g/mol. The maximum Gasteiger partial charge on any atom is 0.274 e. The maximum absolute atomic E-state index is 12.6. The van der Waals surface area contributed by atoms with Crippen LogP contribution < -0.4 is 5.73 Å². The number of thiocarbonyl (C=S) groups is 1. The van der Waals surface area contributed by atoms with Crippen LogP contribution in [0.5, 0.6) is 0 Å². The van der Waals surface area contributed by atoms with E-state index in [0.29, 0.717) is 17.1 Å². The molecule has 0 fully saturated rings. The molecule has 106 valence electrons. The third kappa shape index (κ3) is 2.65. The molecule has 0 bridgehead atoms. The second kappa shape index (κ2) is 5.58. The first-order chi connectivity index (χ1) is 9.41. The van der Waals surface area contributed by atoms with E-state index in [-0.39, 0.29) is 11.9 Å². The Morgan fingerprint density at radius 1 is 1.50 bits per heavy atom. The van der Waals surface area contributed by atoms with Crippen molar-refractivity contribution in [2.24, 2.45) is 12.8 Å². The molecule has 1 aromatic heterocycles. The smallest absolute Gasteiger partial charge is 0.274 e. The molecular formula is C14H18N4OS. The molecule has 1 aromatic carbocycles. The van der Waals surface area contributed by atoms with Crippen molar-refractivity contribution in [1.82, 2.24) is 14.7 Å². The molecule has 0 saturated carbocycles. The van der Waals surface area contributed by atoms with Crippen LogP contribution in [-0.4, -0.2) is 38.7 Å². The molecule has 1 heterocycles. The Labute approximate surface area is 123 Å². The number of amides is 1. The van der Waals surface area contributed by atoms with E-state index in [4.69, 9.17) is 18.0 Å². The van der Waals surface area contributed by atoms with Crippen molar-refractivity contribution in [3.63, 3.8) is 0 Å². The van der Waals surface area contributed by atoms with Gasteiger partial charge in [0.2, 0.25) is 0 Å². The Morgan fingerprint density at radius 3 is 2.80 bits per heavy atom. The van der Waals surface area contributed by atoms with E-state index < -0.39 is 0 Å². The van der Waals surface area contributed by atoms with Crippen molar-refractivity contribution in [3.8, 4) is 0 Å². The minimum Gasteiger partial charge on any atom is -0.393 e. The van der Waals surface area contributed by atoms with E-state index in [1.165, 1.54) is 0 Å². The third-order valence-corrected chi connectivity index (χ3v) is 3.61. The Kier molecular flexibility index (Phi) is 4.04. The van der Waals surface area contributed by atoms with Crippen molar-refractivity contribution in [2.75, 3.05) is 7.05 Å². The molecule has 0 saturated heterocycles. The highest BCUT2D eigenvalue weighted by Gasteiger charge is 2.23. The second-order valence-electron chi connectivity index (χ2n) is 4.92. The summed E-state index contributed by atoms with van der Waals surface area (Å²) in [6, 6.07) is 7.62. The van der Waals surface area contributed by atoms with Crippen molar-refractivity contribution in [1.29, 1.82) is 0 Å². The van der Waals surface area contributed by atoms with E-state index in [0.717, 1.165) is 10.9 Å². The molecule has 1 amide bonds. The van der Waals surface area contributed by atoms with Gasteiger partial charge in [-0.3, -0.25) is 9.48 Å². The van der Waals surface area contributed by atoms with E-state index >= 15 is 0 Å². The van der Waals surface area contributed by atoms with Crippen LogP contribution in [0.2, 0.25) is 0 Å². The Bertz CT molecular complexity index is 664. The van der Waals surface area contributed by atoms with Crippen LogP contribution in [0.15, 0.2) is 24.3 Å². The monoisotopic (exact) mass is 290 g/mol. The molecule has 2 aromatic rings. The predicted octanol–water partition coefficient (Wildman–Crippen LogP) is 1.71. The number of fused-ring (bicyclic) bond motifs is 1. The average molecular weight is 290 g/mol. The lowest BCUT2D eigenvalue weighted by atomic mass is 10.1. The number of carbonyl (C=O) groups excluding carboxylic acids is 1. The molecule has 2 rings (SSSR count). The number of rotatable bonds is 4. The lowest BCUT2D eigenvalue weighted by molar-refractivity contribution is 0.0743. The molecule has 0 radical (unpaired) electrons. The summed E-state index contributed by atoms with van der Waals surface area (Å²) in [4.78, 5) is 14.6. The SMILES string of the molecule is CC(CC(N)=S)N(C)C(=O)c1nn(C)c2ccccc12. The van der Waals surface area contributed by atoms with E-state index in [1.54, 1.807) is 16.6 Å². The summed E-state index contributed by atoms with van der Waals surface area (Å²) in [6.45, 7) is 1.92. The van der Waals surface area contributed by atoms with Gasteiger partial charge in [-0.1, -0.05) is 30.4 Å². The highest BCUT2D eigenvalue weighted by atomic mass is 32.1. The second-order valence-corrected chi connectivity index (χ2v) is 5.45. The summed E-state index contributed by atoms with van der Waals surface area (Å²) in [5.41, 5.74) is 6.93. The largest absolute Gasteiger partial charge is 0.393 e. The van der Waals surface area contributed by atoms with Gasteiger partial charge in [-0.2, -0.15) is 5.10 Å². The molecule has 20 heavy (non-hydrogen) atoms. The number of aromatic nitrogens is 2. The minimum absolute atomic E-state index is 0.0548. The van der Waals surface area contributed by atoms with E-state index in [1.807, 2.05) is 38.2 Å². The number of para-hydroxylation sites is 1. The van der Waals surface area contributed by atoms with Crippen molar-refractivity contribution < 1.29 is 4.79 Å². The zero-order chi connectivity index (χ0) is 14.9. The first kappa shape index (κ1) is 14.5. The van der Waals surface area contributed by atoms with Crippen LogP contribution >= 0.6 is 12.2 Å². The van der Waals surface area contributed by atoms with Gasteiger partial charge in [0.25, 0.3) is 5.91 Å². The number of benzene rings is 1. The van der Waals surface area contributed by atoms with Crippen LogP contribution in [0.1, 0.15) is 23.8 Å². The van der Waals surface area contributed by atoms with Gasteiger partial charge in [0.1, 0.15) is 0 Å². The Morgan fingerprint density at radius 2 is 2.15 bits per heavy atom. The summed E-state index contributed by atoms with van der Waals surface area (Å²) >= 11 is 4.90. The molecule has 0 spiro atoms. The van der Waals surface area contributed by atoms with Gasteiger partial charge in [-0.15, -0.1) is 0 Å². The van der Waals surface area contributed by atoms with Crippen molar-refractivity contribution in [3.05, 3.63) is 30.0 Å². The number of nitrogens with two attached hydrogens (primary N) is 1. The van der Waals surface area contributed by atoms with Crippen LogP contribution in [0.3, 0.4) is 0 Å². The van der Waals surface area contributed by atoms with E-state index in [9.17, 15) is 4.79 Å². The average Bonchev–Trinajstić information content (AvgIpc) is 2.74. The van der Waals surface area contributed by atoms with Crippen LogP contribution in [-0.2, 0) is 7.05 Å². The fraction of sp³-hybridized carbons (Fsp3) is 0.357. The summed E-state index contributed by atoms with van der Waals surface area (Å²) < 4.78 is 1.72. The molecule has 0 aliphatic rings. The number of hydrogen-bond acceptors (Lipinski definition) is 3. The topological polar surface area (TPSA) is 64.2 Å². The number of hydrogen-bond donors (Lipinski definition) is 1. The normalized spacial score (nSPS) is 12.3. The number of nitrogens with zero attached hydrogens (tertiary/aromatic N) is 3. The molecule has 0 aliphatic carbocycles. The maximum atomic E-state index is 12.6. The first-order valence-electron chi connectivity index (χ1n) is 6.39. The molecule has 0 aliphatic heterocycles. The Balaban J connectivity index is 2.34. The van der Waals surface area contributed by atoms with E-state index in [2.05, 4.69) is 5.10 Å². The lowest BCUT2D eigenvalue weighted by Crippen LogP contribution is -2.37. The highest BCUT2D eigenvalue weighted by Crippen LogP contribution is 2.19. The number of carbonyl (C=O) groups is 1. The van der Waals surface area contributed by atoms with Crippen molar-refractivity contribution >= 4 is 34.0 Å². The van der Waals surface area contributed by atoms with Gasteiger partial charge in [-0.25, -0.2) is 0 Å². The lowest BCUT2D eigenvalue weighted by Gasteiger charge is -2.23. The quantitative estimate of drug-likeness (QED) is 0.871. The van der Waals surface area contributed by atoms with Gasteiger partial charge in [0.05, 0.1) is 10.5 Å². The summed E-state index contributed by atoms with van der Waals surface area (Å²) in [5, 5.41) is 5.19. The minimum atomic E-state index is -0.120. The summed E-state index contributed by atoms with van der Waals surface area (Å²) in [5.74, 6) is -0.120. The predicted molar refractivity (Wildman–Crippen MR) is 83.7 cm³/mol. The zero-order valence-corrected chi connectivity index (χ0v) is 12.6. The van der Waals surface area contributed by atoms with Crippen LogP contribution in [0.25, 0.3) is 10.9 Å². The summed E-state index contributed by atoms with van der Waals surface area (Å²) in [7, 11) is 3.58. The zero-order valence-electron chi connectivity index (χ0n) is 11.8. The van der Waals surface area contributed by atoms with Crippen LogP contribution in [0.4, 0.5) is 0 Å². The fourth-order valence-electron chi connectivity index (χ4n) is 2.17. The van der Waals surface area contributed by atoms with Crippen LogP contribution in [0, 0.1) is 0 Å². The first-order valence-corrected chi connectivity index (χ1v) is 6.80. The Hall–Kier alpha value is -1.95. The van der Waals surface area contributed by atoms with Gasteiger partial charge >= 0.3 is 0 Å². The van der Waals surface area contributed by atoms with Crippen molar-refractivity contribution in [2.45, 2.75) is 19.4 Å².